The fourth-order valence-electron chi connectivity index (χ4n) is 1.28. The minimum Gasteiger partial charge on any atom is -0.481 e. The number of carbonyl (C=O) groups is 1. The van der Waals surface area contributed by atoms with E-state index in [9.17, 15) is 13.2 Å². The molecule has 0 aliphatic rings. The zero-order chi connectivity index (χ0) is 12.8. The van der Waals surface area contributed by atoms with E-state index in [0.717, 1.165) is 0 Å². The summed E-state index contributed by atoms with van der Waals surface area (Å²) in [6.07, 6.45) is -0.0465. The van der Waals surface area contributed by atoms with Crippen molar-refractivity contribution in [1.29, 1.82) is 0 Å². The first-order chi connectivity index (χ1) is 7.31. The normalized spacial score (nSPS) is 12.3. The van der Waals surface area contributed by atoms with Gasteiger partial charge in [-0.15, -0.1) is 0 Å². The average molecular weight is 253 g/mol. The number of nitrogens with zero attached hydrogens (tertiary/aromatic N) is 1. The number of hydrogen-bond acceptors (Lipinski definition) is 4. The maximum absolute atomic E-state index is 11.8. The van der Waals surface area contributed by atoms with Gasteiger partial charge in [0.05, 0.1) is 12.2 Å². The molecule has 2 N–H and O–H groups in total. The first-order valence-corrected chi connectivity index (χ1v) is 6.74. The van der Waals surface area contributed by atoms with E-state index in [4.69, 9.17) is 10.2 Å². The molecule has 16 heavy (non-hydrogen) atoms. The Morgan fingerprint density at radius 2 is 1.94 bits per heavy atom. The van der Waals surface area contributed by atoms with Crippen LogP contribution in [0.2, 0.25) is 0 Å². The monoisotopic (exact) mass is 253 g/mol. The SMILES string of the molecule is CC(C)N(CCCO)S(=O)(=O)CCC(=O)O. The second-order valence-electron chi connectivity index (χ2n) is 3.74. The van der Waals surface area contributed by atoms with Crippen LogP contribution in [0.1, 0.15) is 26.7 Å². The molecule has 6 nitrogen and oxygen atoms in total. The van der Waals surface area contributed by atoms with Crippen molar-refractivity contribution in [3.8, 4) is 0 Å². The second-order valence-corrected chi connectivity index (χ2v) is 5.78. The van der Waals surface area contributed by atoms with Crippen molar-refractivity contribution in [1.82, 2.24) is 4.31 Å². The van der Waals surface area contributed by atoms with Gasteiger partial charge in [0.2, 0.25) is 10.0 Å². The zero-order valence-corrected chi connectivity index (χ0v) is 10.4. The highest BCUT2D eigenvalue weighted by molar-refractivity contribution is 7.89. The van der Waals surface area contributed by atoms with Crippen LogP contribution in [0, 0.1) is 0 Å². The van der Waals surface area contributed by atoms with Crippen LogP contribution in [0.4, 0.5) is 0 Å². The third-order valence-electron chi connectivity index (χ3n) is 2.04. The highest BCUT2D eigenvalue weighted by Crippen LogP contribution is 2.09. The van der Waals surface area contributed by atoms with Gasteiger partial charge in [0, 0.05) is 19.2 Å². The quantitative estimate of drug-likeness (QED) is 0.629. The molecule has 0 radical (unpaired) electrons. The van der Waals surface area contributed by atoms with Crippen molar-refractivity contribution in [2.45, 2.75) is 32.7 Å². The molecular weight excluding hydrogens is 234 g/mol. The van der Waals surface area contributed by atoms with Gasteiger partial charge in [0.25, 0.3) is 0 Å². The molecule has 0 rings (SSSR count). The van der Waals surface area contributed by atoms with E-state index in [-0.39, 0.29) is 19.2 Å². The molecule has 0 aliphatic carbocycles. The molecule has 0 bridgehead atoms. The largest absolute Gasteiger partial charge is 0.481 e. The molecule has 0 atom stereocenters. The molecular formula is C9H19NO5S. The summed E-state index contributed by atoms with van der Waals surface area (Å²) in [5.74, 6) is -1.53. The summed E-state index contributed by atoms with van der Waals surface area (Å²) in [5.41, 5.74) is 0. The summed E-state index contributed by atoms with van der Waals surface area (Å²) in [6.45, 7) is 3.57. The minimum atomic E-state index is -3.55. The Morgan fingerprint density at radius 1 is 1.38 bits per heavy atom. The summed E-state index contributed by atoms with van der Waals surface area (Å²) < 4.78 is 24.8. The zero-order valence-electron chi connectivity index (χ0n) is 9.59. The van der Waals surface area contributed by atoms with Crippen LogP contribution < -0.4 is 0 Å². The molecule has 0 saturated heterocycles. The van der Waals surface area contributed by atoms with Crippen molar-refractivity contribution >= 4 is 16.0 Å². The van der Waals surface area contributed by atoms with E-state index in [1.165, 1.54) is 4.31 Å². The Morgan fingerprint density at radius 3 is 2.31 bits per heavy atom. The fraction of sp³-hybridized carbons (Fsp3) is 0.889. The molecule has 0 aromatic rings. The standard InChI is InChI=1S/C9H19NO5S/c1-8(2)10(5-3-6-11)16(14,15)7-4-9(12)13/h8,11H,3-7H2,1-2H3,(H,12,13). The molecule has 0 unspecified atom stereocenters. The predicted molar refractivity (Wildman–Crippen MR) is 59.6 cm³/mol. The predicted octanol–water partition coefficient (Wildman–Crippen LogP) is -0.116. The molecule has 0 fully saturated rings. The highest BCUT2D eigenvalue weighted by Gasteiger charge is 2.24. The Hall–Kier alpha value is -0.660. The third kappa shape index (κ3) is 5.43. The number of rotatable bonds is 8. The van der Waals surface area contributed by atoms with Gasteiger partial charge < -0.3 is 10.2 Å². The van der Waals surface area contributed by atoms with E-state index >= 15 is 0 Å². The molecule has 0 saturated carbocycles. The van der Waals surface area contributed by atoms with Crippen LogP contribution in [0.3, 0.4) is 0 Å². The molecule has 0 aliphatic heterocycles. The van der Waals surface area contributed by atoms with Crippen LogP contribution in [-0.2, 0) is 14.8 Å². The third-order valence-corrected chi connectivity index (χ3v) is 4.08. The van der Waals surface area contributed by atoms with Gasteiger partial charge in [0.15, 0.2) is 0 Å². The molecule has 0 amide bonds. The fourth-order valence-corrected chi connectivity index (χ4v) is 3.00. The van der Waals surface area contributed by atoms with Crippen LogP contribution in [0.15, 0.2) is 0 Å². The Kier molecular flexibility index (Phi) is 6.54. The second kappa shape index (κ2) is 6.82. The minimum absolute atomic E-state index is 0.0856. The van der Waals surface area contributed by atoms with Crippen LogP contribution in [0.5, 0.6) is 0 Å². The van der Waals surface area contributed by atoms with Crippen LogP contribution >= 0.6 is 0 Å². The smallest absolute Gasteiger partial charge is 0.304 e. The number of sulfonamides is 1. The maximum atomic E-state index is 11.8. The van der Waals surface area contributed by atoms with E-state index in [1.54, 1.807) is 13.8 Å². The molecule has 0 heterocycles. The van der Waals surface area contributed by atoms with Crippen LogP contribution in [0.25, 0.3) is 0 Å². The van der Waals surface area contributed by atoms with Crippen molar-refractivity contribution in [2.75, 3.05) is 18.9 Å². The van der Waals surface area contributed by atoms with Gasteiger partial charge in [-0.3, -0.25) is 4.79 Å². The van der Waals surface area contributed by atoms with Gasteiger partial charge in [-0.2, -0.15) is 4.31 Å². The number of hydrogen-bond donors (Lipinski definition) is 2. The summed E-state index contributed by atoms with van der Waals surface area (Å²) in [7, 11) is -3.55. The first-order valence-electron chi connectivity index (χ1n) is 5.13. The van der Waals surface area contributed by atoms with Gasteiger partial charge in [0.1, 0.15) is 0 Å². The van der Waals surface area contributed by atoms with Gasteiger partial charge in [-0.25, -0.2) is 8.42 Å². The molecule has 0 spiro atoms. The van der Waals surface area contributed by atoms with E-state index < -0.39 is 28.2 Å². The van der Waals surface area contributed by atoms with E-state index in [2.05, 4.69) is 0 Å². The van der Waals surface area contributed by atoms with Crippen LogP contribution in [-0.4, -0.2) is 53.9 Å². The lowest BCUT2D eigenvalue weighted by atomic mass is 10.3. The summed E-state index contributed by atoms with van der Waals surface area (Å²) in [5, 5.41) is 17.1. The lowest BCUT2D eigenvalue weighted by Crippen LogP contribution is -2.39. The first kappa shape index (κ1) is 15.3. The lowest BCUT2D eigenvalue weighted by Gasteiger charge is -2.25. The Labute approximate surface area is 95.9 Å². The van der Waals surface area contributed by atoms with Crippen molar-refractivity contribution in [2.24, 2.45) is 0 Å². The van der Waals surface area contributed by atoms with E-state index in [1.807, 2.05) is 0 Å². The topological polar surface area (TPSA) is 94.9 Å². The highest BCUT2D eigenvalue weighted by atomic mass is 32.2. The maximum Gasteiger partial charge on any atom is 0.304 e. The van der Waals surface area contributed by atoms with Gasteiger partial charge in [-0.05, 0) is 20.3 Å². The summed E-state index contributed by atoms with van der Waals surface area (Å²) >= 11 is 0. The molecule has 0 aromatic carbocycles. The molecule has 7 heteroatoms. The lowest BCUT2D eigenvalue weighted by molar-refractivity contribution is -0.136. The molecule has 0 aromatic heterocycles. The summed E-state index contributed by atoms with van der Waals surface area (Å²) in [4.78, 5) is 10.3. The van der Waals surface area contributed by atoms with Gasteiger partial charge in [-0.1, -0.05) is 0 Å². The number of aliphatic hydroxyl groups excluding tert-OH is 1. The number of carboxylic acids is 1. The number of carboxylic acid groups (broad SMARTS) is 1. The number of aliphatic carboxylic acids is 1. The summed E-state index contributed by atoms with van der Waals surface area (Å²) in [6, 6.07) is -0.231. The van der Waals surface area contributed by atoms with Crippen molar-refractivity contribution < 1.29 is 23.4 Å². The Bertz CT molecular complexity index is 312. The molecule has 96 valence electrons. The Balaban J connectivity index is 4.56. The average Bonchev–Trinajstić information content (AvgIpc) is 2.14. The van der Waals surface area contributed by atoms with Gasteiger partial charge >= 0.3 is 5.97 Å². The number of aliphatic hydroxyl groups is 1. The van der Waals surface area contributed by atoms with Crippen molar-refractivity contribution in [3.05, 3.63) is 0 Å². The van der Waals surface area contributed by atoms with Crippen molar-refractivity contribution in [3.63, 3.8) is 0 Å². The van der Waals surface area contributed by atoms with E-state index in [0.29, 0.717) is 6.42 Å².